The molecule has 0 aliphatic carbocycles. The standard InChI is InChI=1S/C14H22BNOS/c1-2-15-10-9-11-5-3-4-6-12(11)13(15)7-8-14(18)17-16/h3-6,13-14,18H,2,7-10,16H2,1H3. The third kappa shape index (κ3) is 3.11. The molecule has 1 aromatic carbocycles. The Labute approximate surface area is 116 Å². The van der Waals surface area contributed by atoms with E-state index >= 15 is 0 Å². The lowest BCUT2D eigenvalue weighted by atomic mass is 9.33. The zero-order chi connectivity index (χ0) is 13.0. The maximum atomic E-state index is 5.17. The number of nitrogens with two attached hydrogens (primary N) is 1. The fourth-order valence-electron chi connectivity index (χ4n) is 3.19. The van der Waals surface area contributed by atoms with Crippen molar-refractivity contribution in [1.29, 1.82) is 0 Å². The van der Waals surface area contributed by atoms with E-state index in [1.165, 1.54) is 30.2 Å². The number of benzene rings is 1. The van der Waals surface area contributed by atoms with E-state index in [2.05, 4.69) is 43.8 Å². The minimum absolute atomic E-state index is 0.142. The van der Waals surface area contributed by atoms with Crippen molar-refractivity contribution in [2.45, 2.75) is 50.1 Å². The van der Waals surface area contributed by atoms with Crippen LogP contribution in [0.25, 0.3) is 0 Å². The third-order valence-electron chi connectivity index (χ3n) is 4.21. The molecule has 1 aromatic rings. The quantitative estimate of drug-likeness (QED) is 0.370. The normalized spacial score (nSPS) is 20.6. The highest BCUT2D eigenvalue weighted by atomic mass is 32.1. The molecule has 0 saturated heterocycles. The molecule has 2 N–H and O–H groups in total. The summed E-state index contributed by atoms with van der Waals surface area (Å²) in [5, 5.41) is 0. The first kappa shape index (κ1) is 14.0. The van der Waals surface area contributed by atoms with E-state index < -0.39 is 0 Å². The minimum atomic E-state index is -0.142. The summed E-state index contributed by atoms with van der Waals surface area (Å²) < 4.78 is 0. The van der Waals surface area contributed by atoms with Crippen LogP contribution < -0.4 is 5.90 Å². The monoisotopic (exact) mass is 263 g/mol. The van der Waals surface area contributed by atoms with Crippen molar-refractivity contribution in [2.75, 3.05) is 0 Å². The lowest BCUT2D eigenvalue weighted by Gasteiger charge is -2.31. The summed E-state index contributed by atoms with van der Waals surface area (Å²) in [6.07, 6.45) is 5.80. The van der Waals surface area contributed by atoms with Gasteiger partial charge in [0.2, 0.25) is 0 Å². The van der Waals surface area contributed by atoms with Crippen LogP contribution in [0.5, 0.6) is 0 Å². The number of aryl methyl sites for hydroxylation is 1. The number of rotatable bonds is 5. The molecule has 0 spiro atoms. The zero-order valence-corrected chi connectivity index (χ0v) is 11.9. The molecule has 2 rings (SSSR count). The van der Waals surface area contributed by atoms with Crippen LogP contribution in [0, 0.1) is 0 Å². The summed E-state index contributed by atoms with van der Waals surface area (Å²) in [4.78, 5) is 4.76. The molecule has 0 fully saturated rings. The van der Waals surface area contributed by atoms with Gasteiger partial charge >= 0.3 is 0 Å². The lowest BCUT2D eigenvalue weighted by Crippen LogP contribution is -2.29. The molecule has 0 amide bonds. The van der Waals surface area contributed by atoms with Crippen LogP contribution in [-0.4, -0.2) is 12.1 Å². The SMILES string of the molecule is CCB1CCc2ccccc2C1CCC(S)ON. The Hall–Kier alpha value is -0.445. The van der Waals surface area contributed by atoms with Crippen LogP contribution in [0.1, 0.15) is 36.7 Å². The maximum absolute atomic E-state index is 5.17. The van der Waals surface area contributed by atoms with Gasteiger partial charge in [0.15, 0.2) is 0 Å². The molecule has 4 heteroatoms. The molecule has 18 heavy (non-hydrogen) atoms. The van der Waals surface area contributed by atoms with E-state index in [0.717, 1.165) is 19.6 Å². The van der Waals surface area contributed by atoms with Crippen LogP contribution in [0.3, 0.4) is 0 Å². The Bertz CT molecular complexity index is 388. The van der Waals surface area contributed by atoms with E-state index in [4.69, 9.17) is 10.7 Å². The van der Waals surface area contributed by atoms with Gasteiger partial charge in [-0.15, -0.1) is 12.6 Å². The van der Waals surface area contributed by atoms with E-state index in [-0.39, 0.29) is 5.44 Å². The first-order chi connectivity index (χ1) is 8.76. The highest BCUT2D eigenvalue weighted by molar-refractivity contribution is 7.80. The maximum Gasteiger partial charge on any atom is 0.148 e. The molecule has 0 aromatic heterocycles. The molecule has 2 unspecified atom stereocenters. The molecule has 2 nitrogen and oxygen atoms in total. The van der Waals surface area contributed by atoms with Crippen molar-refractivity contribution in [1.82, 2.24) is 0 Å². The van der Waals surface area contributed by atoms with Crippen molar-refractivity contribution < 1.29 is 4.84 Å². The topological polar surface area (TPSA) is 35.2 Å². The molecule has 0 bridgehead atoms. The minimum Gasteiger partial charge on any atom is -0.291 e. The van der Waals surface area contributed by atoms with Crippen LogP contribution >= 0.6 is 12.6 Å². The fourth-order valence-corrected chi connectivity index (χ4v) is 3.34. The molecular formula is C14H22BNOS. The van der Waals surface area contributed by atoms with Gasteiger partial charge in [0, 0.05) is 0 Å². The zero-order valence-electron chi connectivity index (χ0n) is 11.0. The van der Waals surface area contributed by atoms with E-state index in [1.54, 1.807) is 0 Å². The van der Waals surface area contributed by atoms with Gasteiger partial charge in [-0.05, 0) is 36.2 Å². The van der Waals surface area contributed by atoms with Gasteiger partial charge in [-0.3, -0.25) is 4.84 Å². The van der Waals surface area contributed by atoms with Gasteiger partial charge < -0.3 is 0 Å². The number of fused-ring (bicyclic) bond motifs is 1. The van der Waals surface area contributed by atoms with Crippen molar-refractivity contribution in [3.63, 3.8) is 0 Å². The summed E-state index contributed by atoms with van der Waals surface area (Å²) in [5.74, 6) is 5.82. The van der Waals surface area contributed by atoms with Gasteiger partial charge in [-0.1, -0.05) is 43.8 Å². The Morgan fingerprint density at radius 2 is 2.28 bits per heavy atom. The van der Waals surface area contributed by atoms with Crippen molar-refractivity contribution in [3.8, 4) is 0 Å². The molecule has 1 heterocycles. The van der Waals surface area contributed by atoms with Crippen LogP contribution in [0.15, 0.2) is 24.3 Å². The van der Waals surface area contributed by atoms with Crippen LogP contribution in [-0.2, 0) is 11.3 Å². The van der Waals surface area contributed by atoms with Crippen LogP contribution in [0.4, 0.5) is 0 Å². The van der Waals surface area contributed by atoms with E-state index in [1.807, 2.05) is 0 Å². The second kappa shape index (κ2) is 6.64. The fraction of sp³-hybridized carbons (Fsp3) is 0.571. The molecule has 0 radical (unpaired) electrons. The smallest absolute Gasteiger partial charge is 0.148 e. The molecule has 0 saturated carbocycles. The van der Waals surface area contributed by atoms with E-state index in [9.17, 15) is 0 Å². The number of hydrogen-bond donors (Lipinski definition) is 2. The van der Waals surface area contributed by atoms with E-state index in [0.29, 0.717) is 5.82 Å². The molecule has 1 aliphatic rings. The van der Waals surface area contributed by atoms with Gasteiger partial charge in [0.05, 0.1) is 0 Å². The molecular weight excluding hydrogens is 241 g/mol. The Kier molecular flexibility index (Phi) is 5.16. The first-order valence-corrected chi connectivity index (χ1v) is 7.39. The average Bonchev–Trinajstić information content (AvgIpc) is 2.44. The van der Waals surface area contributed by atoms with Gasteiger partial charge in [-0.2, -0.15) is 0 Å². The first-order valence-electron chi connectivity index (χ1n) is 6.87. The molecule has 1 aliphatic heterocycles. The summed E-state index contributed by atoms with van der Waals surface area (Å²) >= 11 is 4.31. The highest BCUT2D eigenvalue weighted by Crippen LogP contribution is 2.36. The molecule has 98 valence electrons. The summed E-state index contributed by atoms with van der Waals surface area (Å²) in [6, 6.07) is 8.86. The van der Waals surface area contributed by atoms with Crippen LogP contribution in [0.2, 0.25) is 12.6 Å². The Morgan fingerprint density at radius 3 is 3.00 bits per heavy atom. The molecule has 2 atom stereocenters. The summed E-state index contributed by atoms with van der Waals surface area (Å²) in [7, 11) is 0. The van der Waals surface area contributed by atoms with Crippen molar-refractivity contribution in [3.05, 3.63) is 35.4 Å². The second-order valence-electron chi connectivity index (χ2n) is 5.18. The lowest BCUT2D eigenvalue weighted by molar-refractivity contribution is 0.109. The number of thiol groups is 1. The average molecular weight is 263 g/mol. The summed E-state index contributed by atoms with van der Waals surface area (Å²) in [6.45, 7) is 3.08. The van der Waals surface area contributed by atoms with Gasteiger partial charge in [-0.25, -0.2) is 5.90 Å². The van der Waals surface area contributed by atoms with Crippen molar-refractivity contribution in [2.24, 2.45) is 5.90 Å². The Balaban J connectivity index is 2.13. The van der Waals surface area contributed by atoms with Gasteiger partial charge in [0.1, 0.15) is 12.1 Å². The largest absolute Gasteiger partial charge is 0.291 e. The van der Waals surface area contributed by atoms with Crippen molar-refractivity contribution >= 4 is 19.3 Å². The predicted molar refractivity (Wildman–Crippen MR) is 81.2 cm³/mol. The van der Waals surface area contributed by atoms with Gasteiger partial charge in [0.25, 0.3) is 0 Å². The number of hydrogen-bond acceptors (Lipinski definition) is 3. The third-order valence-corrected chi connectivity index (χ3v) is 4.59. The predicted octanol–water partition coefficient (Wildman–Crippen LogP) is 3.31. The second-order valence-corrected chi connectivity index (χ2v) is 5.76. The highest BCUT2D eigenvalue weighted by Gasteiger charge is 2.30. The Morgan fingerprint density at radius 1 is 1.50 bits per heavy atom. The summed E-state index contributed by atoms with van der Waals surface area (Å²) in [5.41, 5.74) is 2.92.